The highest BCUT2D eigenvalue weighted by Gasteiger charge is 2.19. The van der Waals surface area contributed by atoms with Gasteiger partial charge in [-0.25, -0.2) is 8.42 Å². The van der Waals surface area contributed by atoms with Gasteiger partial charge < -0.3 is 15.1 Å². The maximum atomic E-state index is 11.6. The molecule has 0 bridgehead atoms. The van der Waals surface area contributed by atoms with Gasteiger partial charge in [0.1, 0.15) is 5.69 Å². The summed E-state index contributed by atoms with van der Waals surface area (Å²) in [5.41, 5.74) is 1.78. The maximum absolute atomic E-state index is 11.6. The number of rotatable bonds is 5. The van der Waals surface area contributed by atoms with E-state index in [1.807, 2.05) is 24.3 Å². The molecule has 9 heteroatoms. The minimum absolute atomic E-state index is 0.0786. The second-order valence-corrected chi connectivity index (χ2v) is 8.69. The molecule has 1 fully saturated rings. The predicted molar refractivity (Wildman–Crippen MR) is 106 cm³/mol. The second-order valence-electron chi connectivity index (χ2n) is 6.67. The highest BCUT2D eigenvalue weighted by Crippen LogP contribution is 2.31. The Kier molecular flexibility index (Phi) is 5.33. The first kappa shape index (κ1) is 19.1. The number of likely N-dealkylation sites (N-methyl/N-ethyl adjacent to an activating group) is 1. The van der Waals surface area contributed by atoms with Crippen molar-refractivity contribution in [3.8, 4) is 0 Å². The third-order valence-electron chi connectivity index (χ3n) is 4.61. The van der Waals surface area contributed by atoms with Crippen LogP contribution in [0.1, 0.15) is 0 Å². The molecule has 1 aliphatic rings. The van der Waals surface area contributed by atoms with Crippen molar-refractivity contribution < 1.29 is 13.3 Å². The van der Waals surface area contributed by atoms with E-state index in [1.54, 1.807) is 0 Å². The van der Waals surface area contributed by atoms with Crippen LogP contribution in [-0.2, 0) is 9.84 Å². The molecule has 0 aromatic heterocycles. The molecule has 27 heavy (non-hydrogen) atoms. The standard InChI is InChI=1S/C18H22N4O4S/c1-20-9-11-21(12-10-20)15-5-3-14(4-6-15)19-17-8-7-16(27(2,25)26)13-18(17)22(23)24/h3-8,13,19H,9-12H2,1-2H3. The van der Waals surface area contributed by atoms with Gasteiger partial charge in [0.05, 0.1) is 9.82 Å². The van der Waals surface area contributed by atoms with Crippen molar-refractivity contribution >= 4 is 32.6 Å². The number of piperazine rings is 1. The van der Waals surface area contributed by atoms with Gasteiger partial charge >= 0.3 is 0 Å². The molecule has 2 aromatic carbocycles. The predicted octanol–water partition coefficient (Wildman–Crippen LogP) is 2.49. The summed E-state index contributed by atoms with van der Waals surface area (Å²) < 4.78 is 23.3. The van der Waals surface area contributed by atoms with Crippen LogP contribution in [0.2, 0.25) is 0 Å². The summed E-state index contributed by atoms with van der Waals surface area (Å²) in [5.74, 6) is 0. The number of nitrogens with one attached hydrogen (secondary N) is 1. The first-order valence-electron chi connectivity index (χ1n) is 8.53. The first-order valence-corrected chi connectivity index (χ1v) is 10.4. The largest absolute Gasteiger partial charge is 0.369 e. The molecule has 0 aliphatic carbocycles. The van der Waals surface area contributed by atoms with Crippen molar-refractivity contribution in [2.24, 2.45) is 0 Å². The number of nitro benzene ring substituents is 1. The van der Waals surface area contributed by atoms with Gasteiger partial charge in [0.2, 0.25) is 0 Å². The number of nitro groups is 1. The van der Waals surface area contributed by atoms with Crippen LogP contribution >= 0.6 is 0 Å². The Morgan fingerprint density at radius 3 is 2.22 bits per heavy atom. The Labute approximate surface area is 158 Å². The van der Waals surface area contributed by atoms with Crippen LogP contribution in [0.4, 0.5) is 22.7 Å². The van der Waals surface area contributed by atoms with Crippen LogP contribution in [0.3, 0.4) is 0 Å². The molecule has 1 aliphatic heterocycles. The van der Waals surface area contributed by atoms with Crippen LogP contribution in [0.15, 0.2) is 47.4 Å². The monoisotopic (exact) mass is 390 g/mol. The SMILES string of the molecule is CN1CCN(c2ccc(Nc3ccc(S(C)(=O)=O)cc3[N+](=O)[O-])cc2)CC1. The Hall–Kier alpha value is -2.65. The van der Waals surface area contributed by atoms with E-state index in [1.165, 1.54) is 12.1 Å². The molecule has 1 heterocycles. The number of hydrogen-bond donors (Lipinski definition) is 1. The van der Waals surface area contributed by atoms with Gasteiger partial charge in [0, 0.05) is 49.9 Å². The average molecular weight is 390 g/mol. The normalized spacial score (nSPS) is 15.6. The summed E-state index contributed by atoms with van der Waals surface area (Å²) in [5, 5.41) is 14.3. The molecule has 1 N–H and O–H groups in total. The van der Waals surface area contributed by atoms with Gasteiger partial charge in [-0.15, -0.1) is 0 Å². The van der Waals surface area contributed by atoms with E-state index in [-0.39, 0.29) is 16.3 Å². The molecule has 0 unspecified atom stereocenters. The van der Waals surface area contributed by atoms with E-state index >= 15 is 0 Å². The maximum Gasteiger partial charge on any atom is 0.293 e. The average Bonchev–Trinajstić information content (AvgIpc) is 2.62. The molecule has 0 amide bonds. The fourth-order valence-corrected chi connectivity index (χ4v) is 3.62. The summed E-state index contributed by atoms with van der Waals surface area (Å²) in [6.07, 6.45) is 1.02. The molecule has 8 nitrogen and oxygen atoms in total. The van der Waals surface area contributed by atoms with Crippen LogP contribution in [0.25, 0.3) is 0 Å². The number of anilines is 3. The topological polar surface area (TPSA) is 95.8 Å². The van der Waals surface area contributed by atoms with Crippen LogP contribution < -0.4 is 10.2 Å². The van der Waals surface area contributed by atoms with Crippen molar-refractivity contribution in [1.29, 1.82) is 0 Å². The minimum atomic E-state index is -3.51. The van der Waals surface area contributed by atoms with Crippen LogP contribution in [-0.4, -0.2) is 57.7 Å². The lowest BCUT2D eigenvalue weighted by molar-refractivity contribution is -0.384. The molecule has 144 valence electrons. The lowest BCUT2D eigenvalue weighted by atomic mass is 10.2. The van der Waals surface area contributed by atoms with Gasteiger partial charge in [-0.3, -0.25) is 10.1 Å². The van der Waals surface area contributed by atoms with Gasteiger partial charge in [0.15, 0.2) is 9.84 Å². The molecule has 0 spiro atoms. The third-order valence-corrected chi connectivity index (χ3v) is 5.72. The highest BCUT2D eigenvalue weighted by atomic mass is 32.2. The highest BCUT2D eigenvalue weighted by molar-refractivity contribution is 7.90. The fourth-order valence-electron chi connectivity index (χ4n) is 2.97. The van der Waals surface area contributed by atoms with Gasteiger partial charge in [0.25, 0.3) is 5.69 Å². The lowest BCUT2D eigenvalue weighted by Gasteiger charge is -2.34. The van der Waals surface area contributed by atoms with Crippen molar-refractivity contribution in [3.63, 3.8) is 0 Å². The molecule has 0 saturated carbocycles. The first-order chi connectivity index (χ1) is 12.7. The number of sulfone groups is 1. The summed E-state index contributed by atoms with van der Waals surface area (Å²) >= 11 is 0. The molecular formula is C18H22N4O4S. The molecule has 2 aromatic rings. The third kappa shape index (κ3) is 4.55. The van der Waals surface area contributed by atoms with E-state index in [0.29, 0.717) is 5.69 Å². The minimum Gasteiger partial charge on any atom is -0.369 e. The lowest BCUT2D eigenvalue weighted by Crippen LogP contribution is -2.44. The molecule has 0 atom stereocenters. The second kappa shape index (κ2) is 7.53. The molecule has 3 rings (SSSR count). The number of hydrogen-bond acceptors (Lipinski definition) is 7. The van der Waals surface area contributed by atoms with Crippen molar-refractivity contribution in [3.05, 3.63) is 52.6 Å². The van der Waals surface area contributed by atoms with E-state index in [9.17, 15) is 18.5 Å². The zero-order chi connectivity index (χ0) is 19.6. The Balaban J connectivity index is 1.80. The van der Waals surface area contributed by atoms with E-state index in [4.69, 9.17) is 0 Å². The molecule has 0 radical (unpaired) electrons. The summed E-state index contributed by atoms with van der Waals surface area (Å²) in [6.45, 7) is 3.95. The van der Waals surface area contributed by atoms with Gasteiger partial charge in [-0.1, -0.05) is 0 Å². The molecular weight excluding hydrogens is 368 g/mol. The van der Waals surface area contributed by atoms with Crippen molar-refractivity contribution in [2.75, 3.05) is 49.7 Å². The van der Waals surface area contributed by atoms with Crippen LogP contribution in [0.5, 0.6) is 0 Å². The zero-order valence-corrected chi connectivity index (χ0v) is 16.1. The zero-order valence-electron chi connectivity index (χ0n) is 15.3. The van der Waals surface area contributed by atoms with Crippen molar-refractivity contribution in [1.82, 2.24) is 4.90 Å². The molecule has 1 saturated heterocycles. The Morgan fingerprint density at radius 1 is 1.04 bits per heavy atom. The smallest absolute Gasteiger partial charge is 0.293 e. The van der Waals surface area contributed by atoms with Gasteiger partial charge in [-0.05, 0) is 43.4 Å². The summed E-state index contributed by atoms with van der Waals surface area (Å²) in [7, 11) is -1.41. The Bertz CT molecular complexity index is 936. The van der Waals surface area contributed by atoms with Gasteiger partial charge in [-0.2, -0.15) is 0 Å². The number of nitrogens with zero attached hydrogens (tertiary/aromatic N) is 3. The van der Waals surface area contributed by atoms with E-state index < -0.39 is 14.8 Å². The quantitative estimate of drug-likeness (QED) is 0.619. The summed E-state index contributed by atoms with van der Waals surface area (Å²) in [4.78, 5) is 15.3. The fraction of sp³-hybridized carbons (Fsp3) is 0.333. The van der Waals surface area contributed by atoms with E-state index in [0.717, 1.165) is 44.2 Å². The Morgan fingerprint density at radius 2 is 1.67 bits per heavy atom. The van der Waals surface area contributed by atoms with Crippen LogP contribution in [0, 0.1) is 10.1 Å². The summed E-state index contributed by atoms with van der Waals surface area (Å²) in [6, 6.07) is 11.5. The van der Waals surface area contributed by atoms with E-state index in [2.05, 4.69) is 22.2 Å². The van der Waals surface area contributed by atoms with Crippen molar-refractivity contribution in [2.45, 2.75) is 4.90 Å². The number of benzene rings is 2.